The molecule has 7 nitrogen and oxygen atoms in total. The van der Waals surface area contributed by atoms with Crippen molar-refractivity contribution in [3.63, 3.8) is 0 Å². The third-order valence-corrected chi connectivity index (χ3v) is 3.83. The number of nitrogens with one attached hydrogen (secondary N) is 3. The van der Waals surface area contributed by atoms with Crippen LogP contribution in [0, 0.1) is 0 Å². The van der Waals surface area contributed by atoms with Gasteiger partial charge >= 0.3 is 0 Å². The zero-order valence-electron chi connectivity index (χ0n) is 15.2. The molecule has 7 heteroatoms. The van der Waals surface area contributed by atoms with Crippen molar-refractivity contribution in [1.82, 2.24) is 5.32 Å². The standard InChI is InChI=1S/C21H19N3O4/c1-14(25)23-17-7-3-8-18(12-17)24-21(27)16-6-2-5-15(11-16)20(26)22-13-19-9-4-10-28-19/h2-12H,13H2,1H3,(H,22,26)(H,23,25)(H,24,27). The summed E-state index contributed by atoms with van der Waals surface area (Å²) in [5, 5.41) is 8.15. The fraction of sp³-hybridized carbons (Fsp3) is 0.0952. The molecule has 0 unspecified atom stereocenters. The lowest BCUT2D eigenvalue weighted by Gasteiger charge is -2.09. The van der Waals surface area contributed by atoms with E-state index in [2.05, 4.69) is 16.0 Å². The van der Waals surface area contributed by atoms with Crippen molar-refractivity contribution in [2.24, 2.45) is 0 Å². The Bertz CT molecular complexity index is 996. The van der Waals surface area contributed by atoms with Gasteiger partial charge in [0.15, 0.2) is 0 Å². The summed E-state index contributed by atoms with van der Waals surface area (Å²) in [6.07, 6.45) is 1.54. The largest absolute Gasteiger partial charge is 0.467 e. The van der Waals surface area contributed by atoms with Crippen LogP contribution in [0.4, 0.5) is 11.4 Å². The highest BCUT2D eigenvalue weighted by atomic mass is 16.3. The van der Waals surface area contributed by atoms with Crippen LogP contribution >= 0.6 is 0 Å². The molecule has 0 radical (unpaired) electrons. The zero-order chi connectivity index (χ0) is 19.9. The second-order valence-corrected chi connectivity index (χ2v) is 6.06. The van der Waals surface area contributed by atoms with Gasteiger partial charge in [-0.3, -0.25) is 14.4 Å². The summed E-state index contributed by atoms with van der Waals surface area (Å²) in [5.74, 6) is -0.225. The lowest BCUT2D eigenvalue weighted by atomic mass is 10.1. The van der Waals surface area contributed by atoms with Crippen LogP contribution in [0.1, 0.15) is 33.4 Å². The number of benzene rings is 2. The number of carbonyl (C=O) groups is 3. The molecule has 1 aromatic heterocycles. The molecule has 0 spiro atoms. The van der Waals surface area contributed by atoms with Gasteiger partial charge in [-0.05, 0) is 48.5 Å². The van der Waals surface area contributed by atoms with E-state index in [1.165, 1.54) is 19.3 Å². The van der Waals surface area contributed by atoms with E-state index in [0.717, 1.165) is 0 Å². The summed E-state index contributed by atoms with van der Waals surface area (Å²) in [7, 11) is 0. The molecule has 0 aliphatic rings. The number of hydrogen-bond donors (Lipinski definition) is 3. The number of furan rings is 1. The number of amides is 3. The maximum atomic E-state index is 12.5. The fourth-order valence-corrected chi connectivity index (χ4v) is 2.57. The van der Waals surface area contributed by atoms with Crippen molar-refractivity contribution < 1.29 is 18.8 Å². The van der Waals surface area contributed by atoms with E-state index < -0.39 is 0 Å². The first-order chi connectivity index (χ1) is 13.5. The first-order valence-electron chi connectivity index (χ1n) is 8.61. The maximum Gasteiger partial charge on any atom is 0.255 e. The number of carbonyl (C=O) groups excluding carboxylic acids is 3. The van der Waals surface area contributed by atoms with Gasteiger partial charge in [-0.2, -0.15) is 0 Å². The van der Waals surface area contributed by atoms with Gasteiger partial charge in [-0.1, -0.05) is 12.1 Å². The van der Waals surface area contributed by atoms with Gasteiger partial charge in [0.25, 0.3) is 11.8 Å². The van der Waals surface area contributed by atoms with Crippen LogP contribution < -0.4 is 16.0 Å². The summed E-state index contributed by atoms with van der Waals surface area (Å²) in [6, 6.07) is 16.7. The average Bonchev–Trinajstić information content (AvgIpc) is 3.19. The van der Waals surface area contributed by atoms with E-state index in [-0.39, 0.29) is 24.3 Å². The van der Waals surface area contributed by atoms with E-state index in [9.17, 15) is 14.4 Å². The molecular weight excluding hydrogens is 358 g/mol. The Morgan fingerprint density at radius 1 is 0.821 bits per heavy atom. The summed E-state index contributed by atoms with van der Waals surface area (Å²) < 4.78 is 5.18. The highest BCUT2D eigenvalue weighted by Gasteiger charge is 2.11. The van der Waals surface area contributed by atoms with Crippen LogP contribution in [0.2, 0.25) is 0 Å². The smallest absolute Gasteiger partial charge is 0.255 e. The Kier molecular flexibility index (Phi) is 5.86. The normalized spacial score (nSPS) is 10.2. The van der Waals surface area contributed by atoms with Gasteiger partial charge < -0.3 is 20.4 Å². The first kappa shape index (κ1) is 18.9. The molecule has 0 bridgehead atoms. The van der Waals surface area contributed by atoms with Gasteiger partial charge in [0.2, 0.25) is 5.91 Å². The molecule has 28 heavy (non-hydrogen) atoms. The predicted octanol–water partition coefficient (Wildman–Crippen LogP) is 3.42. The Morgan fingerprint density at radius 2 is 1.50 bits per heavy atom. The van der Waals surface area contributed by atoms with Crippen LogP contribution in [0.15, 0.2) is 71.3 Å². The summed E-state index contributed by atoms with van der Waals surface area (Å²) in [4.78, 5) is 36.0. The fourth-order valence-electron chi connectivity index (χ4n) is 2.57. The van der Waals surface area contributed by atoms with E-state index >= 15 is 0 Å². The van der Waals surface area contributed by atoms with Crippen molar-refractivity contribution in [2.75, 3.05) is 10.6 Å². The van der Waals surface area contributed by atoms with E-state index in [1.54, 1.807) is 54.6 Å². The lowest BCUT2D eigenvalue weighted by Crippen LogP contribution is -2.23. The van der Waals surface area contributed by atoms with Gasteiger partial charge in [0.05, 0.1) is 12.8 Å². The molecule has 0 aliphatic carbocycles. The van der Waals surface area contributed by atoms with Crippen LogP contribution in [0.5, 0.6) is 0 Å². The van der Waals surface area contributed by atoms with Crippen molar-refractivity contribution in [3.8, 4) is 0 Å². The molecule has 0 saturated heterocycles. The van der Waals surface area contributed by atoms with Gasteiger partial charge in [-0.15, -0.1) is 0 Å². The minimum Gasteiger partial charge on any atom is -0.467 e. The number of rotatable bonds is 6. The maximum absolute atomic E-state index is 12.5. The molecule has 0 atom stereocenters. The monoisotopic (exact) mass is 377 g/mol. The Hall–Kier alpha value is -3.87. The molecule has 3 N–H and O–H groups in total. The highest BCUT2D eigenvalue weighted by molar-refractivity contribution is 6.06. The molecule has 2 aromatic carbocycles. The average molecular weight is 377 g/mol. The summed E-state index contributed by atoms with van der Waals surface area (Å²) >= 11 is 0. The first-order valence-corrected chi connectivity index (χ1v) is 8.61. The second-order valence-electron chi connectivity index (χ2n) is 6.06. The van der Waals surface area contributed by atoms with Crippen molar-refractivity contribution in [2.45, 2.75) is 13.5 Å². The SMILES string of the molecule is CC(=O)Nc1cccc(NC(=O)c2cccc(C(=O)NCc3ccco3)c2)c1. The molecule has 0 saturated carbocycles. The van der Waals surface area contributed by atoms with E-state index in [0.29, 0.717) is 28.3 Å². The molecule has 3 aromatic rings. The quantitative estimate of drug-likeness (QED) is 0.613. The van der Waals surface area contributed by atoms with Crippen LogP contribution in [0.3, 0.4) is 0 Å². The topological polar surface area (TPSA) is 100 Å². The molecule has 142 valence electrons. The van der Waals surface area contributed by atoms with Gasteiger partial charge in [-0.25, -0.2) is 0 Å². The van der Waals surface area contributed by atoms with Crippen molar-refractivity contribution in [3.05, 3.63) is 83.8 Å². The highest BCUT2D eigenvalue weighted by Crippen LogP contribution is 2.16. The Balaban J connectivity index is 1.66. The van der Waals surface area contributed by atoms with Crippen LogP contribution in [-0.4, -0.2) is 17.7 Å². The molecule has 3 rings (SSSR count). The van der Waals surface area contributed by atoms with Gasteiger partial charge in [0, 0.05) is 29.4 Å². The lowest BCUT2D eigenvalue weighted by molar-refractivity contribution is -0.114. The van der Waals surface area contributed by atoms with Crippen molar-refractivity contribution in [1.29, 1.82) is 0 Å². The molecule has 3 amide bonds. The Labute approximate surface area is 161 Å². The van der Waals surface area contributed by atoms with Crippen LogP contribution in [0.25, 0.3) is 0 Å². The molecule has 0 aliphatic heterocycles. The zero-order valence-corrected chi connectivity index (χ0v) is 15.2. The minimum absolute atomic E-state index is 0.197. The minimum atomic E-state index is -0.361. The van der Waals surface area contributed by atoms with E-state index in [1.807, 2.05) is 0 Å². The molecule has 0 fully saturated rings. The van der Waals surface area contributed by atoms with Crippen molar-refractivity contribution >= 4 is 29.1 Å². The second kappa shape index (κ2) is 8.68. The predicted molar refractivity (Wildman–Crippen MR) is 105 cm³/mol. The van der Waals surface area contributed by atoms with Gasteiger partial charge in [0.1, 0.15) is 5.76 Å². The third kappa shape index (κ3) is 5.07. The number of hydrogen-bond acceptors (Lipinski definition) is 4. The number of anilines is 2. The Morgan fingerprint density at radius 3 is 2.18 bits per heavy atom. The van der Waals surface area contributed by atoms with Crippen LogP contribution in [-0.2, 0) is 11.3 Å². The summed E-state index contributed by atoms with van der Waals surface area (Å²) in [5.41, 5.74) is 1.82. The molecule has 1 heterocycles. The molecular formula is C21H19N3O4. The third-order valence-electron chi connectivity index (χ3n) is 3.83. The summed E-state index contributed by atoms with van der Waals surface area (Å²) in [6.45, 7) is 1.67. The van der Waals surface area contributed by atoms with E-state index in [4.69, 9.17) is 4.42 Å².